The average molecular weight is 621 g/mol. The predicted molar refractivity (Wildman–Crippen MR) is 195 cm³/mol. The third-order valence-electron chi connectivity index (χ3n) is 6.85. The van der Waals surface area contributed by atoms with Crippen LogP contribution in [0.25, 0.3) is 0 Å². The molecule has 0 heterocycles. The molecule has 0 amide bonds. The topological polar surface area (TPSA) is 71.4 Å². The van der Waals surface area contributed by atoms with Crippen molar-refractivity contribution in [3.05, 3.63) is 36.5 Å². The largest absolute Gasteiger partial charge is 0.396 e. The highest BCUT2D eigenvalue weighted by atomic mass is 16.3. The van der Waals surface area contributed by atoms with Gasteiger partial charge in [-0.05, 0) is 84.0 Å². The summed E-state index contributed by atoms with van der Waals surface area (Å²) in [4.78, 5) is 29.8. The summed E-state index contributed by atoms with van der Waals surface area (Å²) < 4.78 is 0. The normalized spacial score (nSPS) is 10.6. The number of hydrogen-bond donors (Lipinski definition) is 1. The van der Waals surface area contributed by atoms with Crippen LogP contribution in [0.15, 0.2) is 36.5 Å². The Kier molecular flexibility index (Phi) is 63.5. The molecule has 0 aromatic heterocycles. The molecule has 0 saturated heterocycles. The van der Waals surface area contributed by atoms with E-state index in [0.717, 1.165) is 83.1 Å². The Morgan fingerprint density at radius 3 is 1.20 bits per heavy atom. The van der Waals surface area contributed by atoms with Crippen molar-refractivity contribution in [2.24, 2.45) is 0 Å². The highest BCUT2D eigenvalue weighted by molar-refractivity contribution is 5.49. The average Bonchev–Trinajstić information content (AvgIpc) is 3.04. The molecule has 0 aromatic carbocycles. The minimum Gasteiger partial charge on any atom is -0.396 e. The van der Waals surface area contributed by atoms with Crippen LogP contribution in [0.1, 0.15) is 195 Å². The standard InChI is InChI=1S/C10H22O.3C10H18O/c4*1-2-3-4-5-6-7-8-9-10-11/h11H,2-10H2,1H3;4-5,10H,2-3,6-9H2,1H3;3-4,10H,2,5-9H2,1H3;2-3,10H,4-9H2,1H3/b;5-4+;4-3+;3-2+. The molecule has 4 heteroatoms. The van der Waals surface area contributed by atoms with E-state index in [0.29, 0.717) is 6.61 Å². The van der Waals surface area contributed by atoms with Crippen LogP contribution in [0.3, 0.4) is 0 Å². The SMILES string of the molecule is C/C=C/CCCCCCC=O.CC/C=C/CCCCCC=O.CCC/C=C/CCCCC=O.CCCCCCCCCCO. The maximum atomic E-state index is 9.93. The lowest BCUT2D eigenvalue weighted by Crippen LogP contribution is -1.83. The van der Waals surface area contributed by atoms with Crippen molar-refractivity contribution in [2.75, 3.05) is 6.61 Å². The fourth-order valence-corrected chi connectivity index (χ4v) is 4.10. The number of aliphatic hydroxyl groups excluding tert-OH is 1. The van der Waals surface area contributed by atoms with E-state index in [1.807, 2.05) is 6.92 Å². The second-order valence-electron chi connectivity index (χ2n) is 11.3. The van der Waals surface area contributed by atoms with Crippen molar-refractivity contribution in [3.63, 3.8) is 0 Å². The number of carbonyl (C=O) groups excluding carboxylic acids is 3. The van der Waals surface area contributed by atoms with Gasteiger partial charge in [0.25, 0.3) is 0 Å². The van der Waals surface area contributed by atoms with Crippen molar-refractivity contribution in [2.45, 2.75) is 195 Å². The quantitative estimate of drug-likeness (QED) is 0.0513. The first-order valence-electron chi connectivity index (χ1n) is 18.5. The third-order valence-corrected chi connectivity index (χ3v) is 6.85. The van der Waals surface area contributed by atoms with Crippen LogP contribution in [-0.2, 0) is 14.4 Å². The lowest BCUT2D eigenvalue weighted by molar-refractivity contribution is -0.108. The molecule has 0 bridgehead atoms. The molecule has 0 unspecified atom stereocenters. The number of aliphatic hydroxyl groups is 1. The van der Waals surface area contributed by atoms with Gasteiger partial charge in [-0.3, -0.25) is 0 Å². The Labute approximate surface area is 275 Å². The molecular weight excluding hydrogens is 544 g/mol. The molecule has 260 valence electrons. The molecule has 0 rings (SSSR count). The zero-order valence-electron chi connectivity index (χ0n) is 30.0. The van der Waals surface area contributed by atoms with Crippen molar-refractivity contribution >= 4 is 18.9 Å². The fourth-order valence-electron chi connectivity index (χ4n) is 4.10. The van der Waals surface area contributed by atoms with Crippen LogP contribution in [-0.4, -0.2) is 30.6 Å². The summed E-state index contributed by atoms with van der Waals surface area (Å²) in [5.41, 5.74) is 0. The second-order valence-corrected chi connectivity index (χ2v) is 11.3. The van der Waals surface area contributed by atoms with Gasteiger partial charge in [-0.1, -0.05) is 128 Å². The van der Waals surface area contributed by atoms with E-state index in [2.05, 4.69) is 57.2 Å². The number of hydrogen-bond acceptors (Lipinski definition) is 4. The molecule has 0 fully saturated rings. The Morgan fingerprint density at radius 1 is 0.386 bits per heavy atom. The van der Waals surface area contributed by atoms with Gasteiger partial charge in [-0.25, -0.2) is 0 Å². The van der Waals surface area contributed by atoms with E-state index in [-0.39, 0.29) is 0 Å². The van der Waals surface area contributed by atoms with Crippen LogP contribution in [0.5, 0.6) is 0 Å². The van der Waals surface area contributed by atoms with Crippen LogP contribution < -0.4 is 0 Å². The van der Waals surface area contributed by atoms with Crippen LogP contribution in [0, 0.1) is 0 Å². The molecule has 44 heavy (non-hydrogen) atoms. The summed E-state index contributed by atoms with van der Waals surface area (Å²) in [7, 11) is 0. The molecule has 0 radical (unpaired) electrons. The zero-order valence-corrected chi connectivity index (χ0v) is 30.0. The summed E-state index contributed by atoms with van der Waals surface area (Å²) in [5, 5.41) is 8.51. The number of carbonyl (C=O) groups is 3. The predicted octanol–water partition coefficient (Wildman–Crippen LogP) is 12.4. The minimum absolute atomic E-state index is 0.370. The van der Waals surface area contributed by atoms with Gasteiger partial charge in [0.15, 0.2) is 0 Å². The highest BCUT2D eigenvalue weighted by Gasteiger charge is 1.90. The molecule has 0 spiro atoms. The molecule has 0 aliphatic rings. The maximum Gasteiger partial charge on any atom is 0.119 e. The summed E-state index contributed by atoms with van der Waals surface area (Å²) in [6.45, 7) is 8.98. The van der Waals surface area contributed by atoms with Crippen LogP contribution in [0.2, 0.25) is 0 Å². The maximum absolute atomic E-state index is 9.93. The Hall–Kier alpha value is -1.81. The Bertz CT molecular complexity index is 572. The monoisotopic (exact) mass is 621 g/mol. The summed E-state index contributed by atoms with van der Waals surface area (Å²) in [6.07, 6.45) is 46.2. The number of unbranched alkanes of at least 4 members (excludes halogenated alkanes) is 20. The van der Waals surface area contributed by atoms with Gasteiger partial charge >= 0.3 is 0 Å². The molecule has 0 saturated carbocycles. The van der Waals surface area contributed by atoms with E-state index < -0.39 is 0 Å². The Balaban J connectivity index is -0.000000242. The van der Waals surface area contributed by atoms with Crippen molar-refractivity contribution < 1.29 is 19.5 Å². The molecule has 4 nitrogen and oxygen atoms in total. The van der Waals surface area contributed by atoms with E-state index in [1.165, 1.54) is 103 Å². The van der Waals surface area contributed by atoms with Crippen LogP contribution in [0.4, 0.5) is 0 Å². The van der Waals surface area contributed by atoms with Gasteiger partial charge in [-0.2, -0.15) is 0 Å². The van der Waals surface area contributed by atoms with E-state index in [4.69, 9.17) is 5.11 Å². The number of aldehydes is 3. The van der Waals surface area contributed by atoms with Crippen molar-refractivity contribution in [1.29, 1.82) is 0 Å². The number of allylic oxidation sites excluding steroid dienone is 6. The summed E-state index contributed by atoms with van der Waals surface area (Å²) >= 11 is 0. The smallest absolute Gasteiger partial charge is 0.119 e. The zero-order chi connectivity index (χ0) is 33.5. The van der Waals surface area contributed by atoms with Crippen LogP contribution >= 0.6 is 0 Å². The van der Waals surface area contributed by atoms with Gasteiger partial charge in [0.1, 0.15) is 18.9 Å². The van der Waals surface area contributed by atoms with E-state index in [9.17, 15) is 14.4 Å². The molecule has 0 aliphatic heterocycles. The van der Waals surface area contributed by atoms with Gasteiger partial charge in [0, 0.05) is 25.9 Å². The van der Waals surface area contributed by atoms with Crippen molar-refractivity contribution in [3.8, 4) is 0 Å². The van der Waals surface area contributed by atoms with E-state index >= 15 is 0 Å². The Morgan fingerprint density at radius 2 is 0.750 bits per heavy atom. The summed E-state index contributed by atoms with van der Waals surface area (Å²) in [6, 6.07) is 0. The lowest BCUT2D eigenvalue weighted by atomic mass is 10.1. The van der Waals surface area contributed by atoms with Gasteiger partial charge in [0.2, 0.25) is 0 Å². The van der Waals surface area contributed by atoms with E-state index in [1.54, 1.807) is 0 Å². The first-order chi connectivity index (χ1) is 21.7. The minimum atomic E-state index is 0.370. The number of rotatable bonds is 29. The second kappa shape index (κ2) is 56.9. The lowest BCUT2D eigenvalue weighted by Gasteiger charge is -1.98. The first-order valence-corrected chi connectivity index (χ1v) is 18.5. The van der Waals surface area contributed by atoms with Gasteiger partial charge in [-0.15, -0.1) is 0 Å². The first kappa shape index (κ1) is 49.1. The molecule has 0 aromatic rings. The molecule has 1 N–H and O–H groups in total. The molecule has 0 aliphatic carbocycles. The van der Waals surface area contributed by atoms with Gasteiger partial charge < -0.3 is 19.5 Å². The molecular formula is C40H76O4. The third kappa shape index (κ3) is 67.7. The molecule has 0 atom stereocenters. The highest BCUT2D eigenvalue weighted by Crippen LogP contribution is 2.08. The fraction of sp³-hybridized carbons (Fsp3) is 0.775. The van der Waals surface area contributed by atoms with Crippen molar-refractivity contribution in [1.82, 2.24) is 0 Å². The summed E-state index contributed by atoms with van der Waals surface area (Å²) in [5.74, 6) is 0. The van der Waals surface area contributed by atoms with Gasteiger partial charge in [0.05, 0.1) is 0 Å².